The molecule has 3 fully saturated rings. The number of fused-ring (bicyclic) bond motifs is 5. The van der Waals surface area contributed by atoms with Crippen molar-refractivity contribution in [2.45, 2.75) is 71.3 Å². The van der Waals surface area contributed by atoms with Gasteiger partial charge >= 0.3 is 0 Å². The van der Waals surface area contributed by atoms with E-state index in [-0.39, 0.29) is 6.04 Å². The molecule has 0 amide bonds. The zero-order valence-corrected chi connectivity index (χ0v) is 14.0. The molecule has 4 rings (SSSR count). The lowest BCUT2D eigenvalue weighted by molar-refractivity contribution is -0.0995. The van der Waals surface area contributed by atoms with Crippen LogP contribution in [0.4, 0.5) is 0 Å². The standard InChI is InChI=1S/C19H29N3/c1-18-9-3-4-16(18)15-6-5-13-12-14(21-22-20)7-11-19(13,2)17(15)8-10-18/h3,9,13-17H,4-8,10-12H2,1-2H3/t13-,14+,15-,16+,17+,18+,19-/m0/s1. The number of hydrogen-bond acceptors (Lipinski definition) is 1. The Hall–Kier alpha value is -0.950. The highest BCUT2D eigenvalue weighted by molar-refractivity contribution is 5.16. The van der Waals surface area contributed by atoms with Gasteiger partial charge in [0.05, 0.1) is 0 Å². The molecular formula is C19H29N3. The molecule has 0 aromatic carbocycles. The van der Waals surface area contributed by atoms with Gasteiger partial charge in [-0.25, -0.2) is 0 Å². The van der Waals surface area contributed by atoms with Crippen molar-refractivity contribution in [1.82, 2.24) is 0 Å². The summed E-state index contributed by atoms with van der Waals surface area (Å²) < 4.78 is 0. The van der Waals surface area contributed by atoms with Gasteiger partial charge in [0.15, 0.2) is 0 Å². The van der Waals surface area contributed by atoms with E-state index >= 15 is 0 Å². The van der Waals surface area contributed by atoms with E-state index in [1.807, 2.05) is 0 Å². The highest BCUT2D eigenvalue weighted by atomic mass is 15.1. The quantitative estimate of drug-likeness (QED) is 0.251. The lowest BCUT2D eigenvalue weighted by Gasteiger charge is -2.60. The van der Waals surface area contributed by atoms with E-state index in [0.29, 0.717) is 10.8 Å². The second-order valence-electron chi connectivity index (χ2n) is 8.97. The van der Waals surface area contributed by atoms with Crippen LogP contribution in [0.5, 0.6) is 0 Å². The van der Waals surface area contributed by atoms with Crippen molar-refractivity contribution in [3.05, 3.63) is 22.6 Å². The normalized spacial score (nSPS) is 53.1. The van der Waals surface area contributed by atoms with Crippen molar-refractivity contribution in [3.63, 3.8) is 0 Å². The molecule has 4 aliphatic rings. The minimum absolute atomic E-state index is 0.265. The highest BCUT2D eigenvalue weighted by Crippen LogP contribution is 2.65. The molecule has 0 saturated heterocycles. The third-order valence-corrected chi connectivity index (χ3v) is 8.18. The van der Waals surface area contributed by atoms with Crippen molar-refractivity contribution in [2.75, 3.05) is 0 Å². The first-order chi connectivity index (χ1) is 10.6. The Balaban J connectivity index is 1.58. The van der Waals surface area contributed by atoms with E-state index in [9.17, 15) is 0 Å². The van der Waals surface area contributed by atoms with Gasteiger partial charge in [-0.1, -0.05) is 31.1 Å². The molecule has 120 valence electrons. The first-order valence-corrected chi connectivity index (χ1v) is 9.29. The Bertz CT molecular complexity index is 535. The minimum atomic E-state index is 0.265. The van der Waals surface area contributed by atoms with Crippen LogP contribution < -0.4 is 0 Å². The second-order valence-corrected chi connectivity index (χ2v) is 8.97. The summed E-state index contributed by atoms with van der Waals surface area (Å²) in [7, 11) is 0. The summed E-state index contributed by atoms with van der Waals surface area (Å²) in [4.78, 5) is 3.07. The summed E-state index contributed by atoms with van der Waals surface area (Å²) in [5.41, 5.74) is 9.75. The first kappa shape index (κ1) is 14.6. The fourth-order valence-electron chi connectivity index (χ4n) is 6.90. The van der Waals surface area contributed by atoms with E-state index in [1.54, 1.807) is 0 Å². The summed E-state index contributed by atoms with van der Waals surface area (Å²) in [6, 6.07) is 0.265. The van der Waals surface area contributed by atoms with Crippen LogP contribution in [0.25, 0.3) is 10.4 Å². The van der Waals surface area contributed by atoms with E-state index in [0.717, 1.165) is 36.5 Å². The van der Waals surface area contributed by atoms with Crippen molar-refractivity contribution in [3.8, 4) is 0 Å². The summed E-state index contributed by atoms with van der Waals surface area (Å²) in [6.07, 6.45) is 15.4. The molecule has 0 heterocycles. The molecule has 0 unspecified atom stereocenters. The molecule has 3 nitrogen and oxygen atoms in total. The van der Waals surface area contributed by atoms with Crippen molar-refractivity contribution >= 4 is 0 Å². The highest BCUT2D eigenvalue weighted by Gasteiger charge is 2.56. The van der Waals surface area contributed by atoms with Gasteiger partial charge < -0.3 is 0 Å². The second kappa shape index (κ2) is 5.03. The third-order valence-electron chi connectivity index (χ3n) is 8.18. The van der Waals surface area contributed by atoms with Crippen LogP contribution in [0.1, 0.15) is 65.2 Å². The largest absolute Gasteiger partial charge is 0.0906 e. The van der Waals surface area contributed by atoms with E-state index in [2.05, 4.69) is 36.0 Å². The number of allylic oxidation sites excluding steroid dienone is 2. The summed E-state index contributed by atoms with van der Waals surface area (Å²) in [6.45, 7) is 5.08. The molecule has 0 spiro atoms. The van der Waals surface area contributed by atoms with Gasteiger partial charge in [0, 0.05) is 11.0 Å². The monoisotopic (exact) mass is 299 g/mol. The zero-order valence-electron chi connectivity index (χ0n) is 14.0. The molecule has 0 aliphatic heterocycles. The zero-order chi connectivity index (χ0) is 15.4. The number of nitrogens with zero attached hydrogens (tertiary/aromatic N) is 3. The maximum atomic E-state index is 8.75. The van der Waals surface area contributed by atoms with Crippen molar-refractivity contribution in [2.24, 2.45) is 39.6 Å². The molecule has 3 saturated carbocycles. The van der Waals surface area contributed by atoms with Crippen molar-refractivity contribution < 1.29 is 0 Å². The van der Waals surface area contributed by atoms with Gasteiger partial charge in [0.1, 0.15) is 0 Å². The molecule has 3 heteroatoms. The fourth-order valence-corrected chi connectivity index (χ4v) is 6.90. The Morgan fingerprint density at radius 1 is 1.09 bits per heavy atom. The van der Waals surface area contributed by atoms with E-state index in [1.165, 1.54) is 38.5 Å². The molecule has 22 heavy (non-hydrogen) atoms. The van der Waals surface area contributed by atoms with Gasteiger partial charge in [0.25, 0.3) is 0 Å². The van der Waals surface area contributed by atoms with Gasteiger partial charge in [-0.3, -0.25) is 0 Å². The Morgan fingerprint density at radius 2 is 1.95 bits per heavy atom. The Morgan fingerprint density at radius 3 is 2.77 bits per heavy atom. The van der Waals surface area contributed by atoms with Crippen LogP contribution in [0, 0.1) is 34.5 Å². The van der Waals surface area contributed by atoms with Crippen LogP contribution in [0.15, 0.2) is 17.3 Å². The van der Waals surface area contributed by atoms with E-state index in [4.69, 9.17) is 5.53 Å². The summed E-state index contributed by atoms with van der Waals surface area (Å²) in [5, 5.41) is 4.04. The van der Waals surface area contributed by atoms with Crippen LogP contribution in [-0.2, 0) is 0 Å². The molecule has 0 radical (unpaired) electrons. The topological polar surface area (TPSA) is 48.8 Å². The maximum absolute atomic E-state index is 8.75. The lowest BCUT2D eigenvalue weighted by atomic mass is 9.45. The average molecular weight is 299 g/mol. The van der Waals surface area contributed by atoms with Gasteiger partial charge in [0.2, 0.25) is 0 Å². The van der Waals surface area contributed by atoms with Gasteiger partial charge in [-0.2, -0.15) is 0 Å². The number of rotatable bonds is 1. The Kier molecular flexibility index (Phi) is 3.34. The smallest absolute Gasteiger partial charge is 0.0377 e. The molecule has 4 aliphatic carbocycles. The van der Waals surface area contributed by atoms with Crippen molar-refractivity contribution in [1.29, 1.82) is 0 Å². The van der Waals surface area contributed by atoms with E-state index < -0.39 is 0 Å². The molecule has 0 aromatic rings. The number of hydrogen-bond donors (Lipinski definition) is 0. The predicted molar refractivity (Wildman–Crippen MR) is 89.2 cm³/mol. The maximum Gasteiger partial charge on any atom is 0.0377 e. The van der Waals surface area contributed by atoms with Crippen LogP contribution in [-0.4, -0.2) is 6.04 Å². The molecule has 0 aromatic heterocycles. The molecular weight excluding hydrogens is 270 g/mol. The van der Waals surface area contributed by atoms with Crippen LogP contribution in [0.2, 0.25) is 0 Å². The van der Waals surface area contributed by atoms with Gasteiger partial charge in [-0.15, -0.1) is 0 Å². The minimum Gasteiger partial charge on any atom is -0.0906 e. The third kappa shape index (κ3) is 1.98. The predicted octanol–water partition coefficient (Wildman–Crippen LogP) is 5.87. The Labute approximate surface area is 134 Å². The molecule has 0 N–H and O–H groups in total. The first-order valence-electron chi connectivity index (χ1n) is 9.29. The van der Waals surface area contributed by atoms with Crippen LogP contribution in [0.3, 0.4) is 0 Å². The summed E-state index contributed by atoms with van der Waals surface area (Å²) in [5.74, 6) is 3.54. The summed E-state index contributed by atoms with van der Waals surface area (Å²) >= 11 is 0. The fraction of sp³-hybridized carbons (Fsp3) is 0.895. The van der Waals surface area contributed by atoms with Crippen LogP contribution >= 0.6 is 0 Å². The molecule has 7 atom stereocenters. The molecule has 0 bridgehead atoms. The SMILES string of the molecule is C[C@]12CC[C@@H](N=[N+]=[N-])C[C@@H]1CC[C@@H]1[C@H]2CC[C@@]2(C)C=CC[C@H]12. The number of azide groups is 1. The average Bonchev–Trinajstić information content (AvgIpc) is 2.89. The van der Waals surface area contributed by atoms with Gasteiger partial charge in [-0.05, 0) is 91.4 Å². The lowest BCUT2D eigenvalue weighted by Crippen LogP contribution is -2.53.